The topological polar surface area (TPSA) is 84.2 Å². The fraction of sp³-hybridized carbons (Fsp3) is 0.364. The highest BCUT2D eigenvalue weighted by Gasteiger charge is 2.45. The van der Waals surface area contributed by atoms with Crippen molar-refractivity contribution < 1.29 is 9.32 Å². The van der Waals surface area contributed by atoms with Crippen molar-refractivity contribution in [2.24, 2.45) is 0 Å². The van der Waals surface area contributed by atoms with Gasteiger partial charge in [-0.15, -0.1) is 0 Å². The summed E-state index contributed by atoms with van der Waals surface area (Å²) in [7, 11) is 0. The Morgan fingerprint density at radius 3 is 2.73 bits per heavy atom. The number of nitrogens with zero attached hydrogens (tertiary/aromatic N) is 4. The van der Waals surface area contributed by atoms with Crippen LogP contribution in [0, 0.1) is 6.92 Å². The first-order valence-electron chi connectivity index (χ1n) is 10.2. The van der Waals surface area contributed by atoms with Crippen molar-refractivity contribution in [1.29, 1.82) is 0 Å². The zero-order chi connectivity index (χ0) is 20.7. The van der Waals surface area contributed by atoms with Crippen LogP contribution in [0.5, 0.6) is 0 Å². The van der Waals surface area contributed by atoms with E-state index in [1.54, 1.807) is 12.4 Å². The van der Waals surface area contributed by atoms with Crippen LogP contribution in [-0.4, -0.2) is 38.1 Å². The molecule has 8 heteroatoms. The Kier molecular flexibility index (Phi) is 4.90. The molecule has 4 heterocycles. The number of hydrogen-bond donors (Lipinski definition) is 1. The maximum absolute atomic E-state index is 13.0. The molecule has 2 fully saturated rings. The molecule has 1 aromatic carbocycles. The van der Waals surface area contributed by atoms with Gasteiger partial charge >= 0.3 is 6.03 Å². The maximum atomic E-state index is 13.0. The lowest BCUT2D eigenvalue weighted by Gasteiger charge is -2.37. The molecule has 5 rings (SSSR count). The van der Waals surface area contributed by atoms with Gasteiger partial charge in [0.2, 0.25) is 11.7 Å². The van der Waals surface area contributed by atoms with Crippen molar-refractivity contribution in [2.75, 3.05) is 5.32 Å². The number of pyridine rings is 1. The Bertz CT molecular complexity index is 1060. The number of rotatable bonds is 3. The molecule has 0 spiro atoms. The van der Waals surface area contributed by atoms with E-state index in [0.29, 0.717) is 22.4 Å². The van der Waals surface area contributed by atoms with Gasteiger partial charge in [-0.2, -0.15) is 4.98 Å². The Labute approximate surface area is 179 Å². The van der Waals surface area contributed by atoms with Crippen LogP contribution in [0.1, 0.15) is 43.1 Å². The summed E-state index contributed by atoms with van der Waals surface area (Å²) in [4.78, 5) is 23.7. The molecule has 1 N–H and O–H groups in total. The Balaban J connectivity index is 1.29. The second kappa shape index (κ2) is 7.72. The molecule has 0 aliphatic carbocycles. The Morgan fingerprint density at radius 1 is 1.23 bits per heavy atom. The molecule has 2 amide bonds. The van der Waals surface area contributed by atoms with Crippen molar-refractivity contribution in [2.45, 2.75) is 50.6 Å². The molecule has 0 radical (unpaired) electrons. The van der Waals surface area contributed by atoms with Crippen LogP contribution in [0.4, 0.5) is 10.5 Å². The number of halogens is 1. The number of carbonyl (C=O) groups is 1. The van der Waals surface area contributed by atoms with Gasteiger partial charge in [-0.25, -0.2) is 4.79 Å². The lowest BCUT2D eigenvalue weighted by Crippen LogP contribution is -2.48. The second-order valence-electron chi connectivity index (χ2n) is 8.07. The van der Waals surface area contributed by atoms with Gasteiger partial charge in [0.1, 0.15) is 0 Å². The number of aromatic nitrogens is 3. The molecule has 2 saturated heterocycles. The summed E-state index contributed by atoms with van der Waals surface area (Å²) in [5.74, 6) is 1.36. The van der Waals surface area contributed by atoms with Crippen molar-refractivity contribution >= 4 is 23.3 Å². The number of anilines is 1. The number of carbonyl (C=O) groups excluding carboxylic acids is 1. The van der Waals surface area contributed by atoms with Gasteiger partial charge in [-0.1, -0.05) is 22.8 Å². The summed E-state index contributed by atoms with van der Waals surface area (Å²) >= 11 is 6.29. The molecular weight excluding hydrogens is 402 g/mol. The van der Waals surface area contributed by atoms with Crippen LogP contribution >= 0.6 is 11.6 Å². The number of aryl methyl sites for hydroxylation is 1. The van der Waals surface area contributed by atoms with Crippen LogP contribution in [0.25, 0.3) is 11.4 Å². The van der Waals surface area contributed by atoms with Crippen molar-refractivity contribution in [3.8, 4) is 11.4 Å². The first-order chi connectivity index (χ1) is 14.6. The van der Waals surface area contributed by atoms with E-state index in [0.717, 1.165) is 36.8 Å². The fourth-order valence-electron chi connectivity index (χ4n) is 4.62. The molecule has 154 valence electrons. The minimum Gasteiger partial charge on any atom is -0.339 e. The molecule has 7 nitrogen and oxygen atoms in total. The predicted molar refractivity (Wildman–Crippen MR) is 113 cm³/mol. The standard InChI is InChI=1S/C22H22ClN5O2/c1-13-4-7-19(18(23)9-13)25-22(29)28-16-5-6-17(28)11-15(10-16)21-26-20(27-30-21)14-3-2-8-24-12-14/h2-4,7-9,12,15-17H,5-6,10-11H2,1H3,(H,25,29). The van der Waals surface area contributed by atoms with Crippen LogP contribution < -0.4 is 5.32 Å². The fourth-order valence-corrected chi connectivity index (χ4v) is 4.91. The molecule has 0 saturated carbocycles. The lowest BCUT2D eigenvalue weighted by molar-refractivity contribution is 0.140. The summed E-state index contributed by atoms with van der Waals surface area (Å²) in [6, 6.07) is 9.64. The maximum Gasteiger partial charge on any atom is 0.322 e. The molecule has 2 unspecified atom stereocenters. The minimum absolute atomic E-state index is 0.0896. The van der Waals surface area contributed by atoms with Crippen LogP contribution in [0.15, 0.2) is 47.2 Å². The largest absolute Gasteiger partial charge is 0.339 e. The highest BCUT2D eigenvalue weighted by Crippen LogP contribution is 2.43. The summed E-state index contributed by atoms with van der Waals surface area (Å²) in [5, 5.41) is 7.67. The van der Waals surface area contributed by atoms with Gasteiger partial charge in [-0.05, 0) is 62.4 Å². The summed E-state index contributed by atoms with van der Waals surface area (Å²) in [6.45, 7) is 1.97. The van der Waals surface area contributed by atoms with E-state index >= 15 is 0 Å². The van der Waals surface area contributed by atoms with Gasteiger partial charge in [0.15, 0.2) is 0 Å². The highest BCUT2D eigenvalue weighted by molar-refractivity contribution is 6.33. The molecule has 3 aromatic rings. The zero-order valence-corrected chi connectivity index (χ0v) is 17.3. The molecule has 2 bridgehead atoms. The summed E-state index contributed by atoms with van der Waals surface area (Å²) in [5.41, 5.74) is 2.54. The van der Waals surface area contributed by atoms with Crippen molar-refractivity contribution in [1.82, 2.24) is 20.0 Å². The molecule has 2 aliphatic heterocycles. The van der Waals surface area contributed by atoms with Crippen molar-refractivity contribution in [3.05, 3.63) is 59.2 Å². The van der Waals surface area contributed by atoms with Crippen molar-refractivity contribution in [3.63, 3.8) is 0 Å². The van der Waals surface area contributed by atoms with Crippen LogP contribution in [0.3, 0.4) is 0 Å². The minimum atomic E-state index is -0.0896. The van der Waals surface area contributed by atoms with Crippen LogP contribution in [-0.2, 0) is 0 Å². The van der Waals surface area contributed by atoms with E-state index in [-0.39, 0.29) is 24.0 Å². The Hall–Kier alpha value is -2.93. The van der Waals surface area contributed by atoms with Gasteiger partial charge < -0.3 is 14.7 Å². The number of urea groups is 1. The second-order valence-corrected chi connectivity index (χ2v) is 8.48. The van der Waals surface area contributed by atoms with E-state index in [4.69, 9.17) is 16.1 Å². The third-order valence-corrected chi connectivity index (χ3v) is 6.36. The predicted octanol–water partition coefficient (Wildman–Crippen LogP) is 5.04. The monoisotopic (exact) mass is 423 g/mol. The first-order valence-corrected chi connectivity index (χ1v) is 10.6. The average Bonchev–Trinajstić information content (AvgIpc) is 3.34. The Morgan fingerprint density at radius 2 is 2.03 bits per heavy atom. The highest BCUT2D eigenvalue weighted by atomic mass is 35.5. The number of nitrogens with one attached hydrogen (secondary N) is 1. The van der Waals surface area contributed by atoms with Gasteiger partial charge in [-0.3, -0.25) is 4.98 Å². The van der Waals surface area contributed by atoms with Gasteiger partial charge in [0, 0.05) is 36.0 Å². The number of benzene rings is 1. The normalized spacial score (nSPS) is 22.9. The summed E-state index contributed by atoms with van der Waals surface area (Å²) in [6.07, 6.45) is 7.05. The number of fused-ring (bicyclic) bond motifs is 2. The van der Waals surface area contributed by atoms with Crippen LogP contribution in [0.2, 0.25) is 5.02 Å². The number of piperidine rings is 1. The molecule has 2 atom stereocenters. The van der Waals surface area contributed by atoms with E-state index in [1.807, 2.05) is 42.2 Å². The molecule has 2 aromatic heterocycles. The zero-order valence-electron chi connectivity index (χ0n) is 16.6. The number of amides is 2. The molecular formula is C22H22ClN5O2. The summed E-state index contributed by atoms with van der Waals surface area (Å²) < 4.78 is 5.58. The quantitative estimate of drug-likeness (QED) is 0.638. The van der Waals surface area contributed by atoms with E-state index in [2.05, 4.69) is 20.4 Å². The van der Waals surface area contributed by atoms with E-state index < -0.39 is 0 Å². The van der Waals surface area contributed by atoms with E-state index in [9.17, 15) is 4.79 Å². The smallest absolute Gasteiger partial charge is 0.322 e. The lowest BCUT2D eigenvalue weighted by atomic mass is 9.91. The third-order valence-electron chi connectivity index (χ3n) is 6.04. The molecule has 2 aliphatic rings. The first kappa shape index (κ1) is 19.1. The average molecular weight is 424 g/mol. The third kappa shape index (κ3) is 3.54. The van der Waals surface area contributed by atoms with Gasteiger partial charge in [0.05, 0.1) is 10.7 Å². The number of hydrogen-bond acceptors (Lipinski definition) is 5. The molecule has 30 heavy (non-hydrogen) atoms. The van der Waals surface area contributed by atoms with E-state index in [1.165, 1.54) is 0 Å². The van der Waals surface area contributed by atoms with Gasteiger partial charge in [0.25, 0.3) is 0 Å². The SMILES string of the molecule is Cc1ccc(NC(=O)N2C3CCC2CC(c2nc(-c4cccnc4)no2)C3)c(Cl)c1.